The summed E-state index contributed by atoms with van der Waals surface area (Å²) in [5.41, 5.74) is 3.60. The molecule has 0 fully saturated rings. The summed E-state index contributed by atoms with van der Waals surface area (Å²) in [6, 6.07) is 14.6. The first-order valence-corrected chi connectivity index (χ1v) is 8.83. The second kappa shape index (κ2) is 8.08. The predicted molar refractivity (Wildman–Crippen MR) is 108 cm³/mol. The van der Waals surface area contributed by atoms with Gasteiger partial charge in [0.1, 0.15) is 6.61 Å². The number of esters is 2. The fourth-order valence-electron chi connectivity index (χ4n) is 3.03. The standard InChI is InChI=1S/C22H22N2O4/c1-14-17-7-5-6-8-18(17)23-19(20(14)22(26)27-4)13-28-21(25)15-9-11-16(12-10-15)24(2)3/h5-12H,13H2,1-4H3. The summed E-state index contributed by atoms with van der Waals surface area (Å²) in [4.78, 5) is 31.2. The van der Waals surface area contributed by atoms with E-state index in [1.54, 1.807) is 12.1 Å². The van der Waals surface area contributed by atoms with Crippen LogP contribution < -0.4 is 4.90 Å². The van der Waals surface area contributed by atoms with E-state index in [0.29, 0.717) is 16.8 Å². The number of nitrogens with zero attached hydrogens (tertiary/aromatic N) is 2. The molecular weight excluding hydrogens is 356 g/mol. The number of carbonyl (C=O) groups excluding carboxylic acids is 2. The molecule has 0 saturated heterocycles. The van der Waals surface area contributed by atoms with Crippen molar-refractivity contribution in [3.8, 4) is 0 Å². The number of pyridine rings is 1. The Morgan fingerprint density at radius 2 is 1.68 bits per heavy atom. The maximum absolute atomic E-state index is 12.4. The van der Waals surface area contributed by atoms with Crippen LogP contribution in [-0.4, -0.2) is 38.1 Å². The van der Waals surface area contributed by atoms with E-state index in [0.717, 1.165) is 22.2 Å². The smallest absolute Gasteiger partial charge is 0.340 e. The van der Waals surface area contributed by atoms with Crippen LogP contribution in [0.15, 0.2) is 48.5 Å². The van der Waals surface area contributed by atoms with E-state index in [-0.39, 0.29) is 6.61 Å². The molecule has 0 spiro atoms. The topological polar surface area (TPSA) is 68.7 Å². The van der Waals surface area contributed by atoms with Gasteiger partial charge in [-0.25, -0.2) is 14.6 Å². The second-order valence-electron chi connectivity index (χ2n) is 6.58. The van der Waals surface area contributed by atoms with Gasteiger partial charge in [0.15, 0.2) is 0 Å². The fraction of sp³-hybridized carbons (Fsp3) is 0.227. The normalized spacial score (nSPS) is 10.6. The van der Waals surface area contributed by atoms with Crippen LogP contribution >= 0.6 is 0 Å². The number of carbonyl (C=O) groups is 2. The lowest BCUT2D eigenvalue weighted by molar-refractivity contribution is 0.0455. The molecule has 28 heavy (non-hydrogen) atoms. The summed E-state index contributed by atoms with van der Waals surface area (Å²) in [6.07, 6.45) is 0. The van der Waals surface area contributed by atoms with Crippen LogP contribution in [0.25, 0.3) is 10.9 Å². The van der Waals surface area contributed by atoms with Crippen molar-refractivity contribution in [3.63, 3.8) is 0 Å². The number of hydrogen-bond acceptors (Lipinski definition) is 6. The largest absolute Gasteiger partial charge is 0.465 e. The average Bonchev–Trinajstić information content (AvgIpc) is 2.71. The molecule has 3 aromatic rings. The Morgan fingerprint density at radius 3 is 2.32 bits per heavy atom. The summed E-state index contributed by atoms with van der Waals surface area (Å²) in [5.74, 6) is -0.981. The van der Waals surface area contributed by atoms with Gasteiger partial charge in [0.05, 0.1) is 29.4 Å². The summed E-state index contributed by atoms with van der Waals surface area (Å²) in [5, 5.41) is 0.859. The Hall–Kier alpha value is -3.41. The minimum Gasteiger partial charge on any atom is -0.465 e. The molecule has 0 bridgehead atoms. The Balaban J connectivity index is 1.88. The summed E-state index contributed by atoms with van der Waals surface area (Å²) < 4.78 is 10.3. The van der Waals surface area contributed by atoms with Gasteiger partial charge in [-0.15, -0.1) is 0 Å². The van der Waals surface area contributed by atoms with E-state index < -0.39 is 11.9 Å². The lowest BCUT2D eigenvalue weighted by Crippen LogP contribution is -2.14. The van der Waals surface area contributed by atoms with Crippen molar-refractivity contribution in [3.05, 3.63) is 70.9 Å². The molecule has 0 N–H and O–H groups in total. The molecule has 0 amide bonds. The van der Waals surface area contributed by atoms with Gasteiger partial charge < -0.3 is 14.4 Å². The highest BCUT2D eigenvalue weighted by molar-refractivity contribution is 5.98. The Labute approximate surface area is 163 Å². The van der Waals surface area contributed by atoms with Gasteiger partial charge in [0.25, 0.3) is 0 Å². The highest BCUT2D eigenvalue weighted by atomic mass is 16.5. The third-order valence-corrected chi connectivity index (χ3v) is 4.58. The minimum atomic E-state index is -0.503. The zero-order valence-corrected chi connectivity index (χ0v) is 16.4. The van der Waals surface area contributed by atoms with Crippen LogP contribution in [0.5, 0.6) is 0 Å². The van der Waals surface area contributed by atoms with Gasteiger partial charge in [-0.3, -0.25) is 0 Å². The first-order valence-electron chi connectivity index (χ1n) is 8.83. The Morgan fingerprint density at radius 1 is 1.00 bits per heavy atom. The second-order valence-corrected chi connectivity index (χ2v) is 6.58. The van der Waals surface area contributed by atoms with Gasteiger partial charge in [0.2, 0.25) is 0 Å². The highest BCUT2D eigenvalue weighted by Crippen LogP contribution is 2.24. The van der Waals surface area contributed by atoms with Crippen LogP contribution in [0.1, 0.15) is 32.0 Å². The summed E-state index contributed by atoms with van der Waals surface area (Å²) in [7, 11) is 5.17. The molecule has 6 heteroatoms. The number of rotatable bonds is 5. The number of anilines is 1. The van der Waals surface area contributed by atoms with E-state index in [2.05, 4.69) is 4.98 Å². The van der Waals surface area contributed by atoms with E-state index in [1.165, 1.54) is 7.11 Å². The number of aromatic nitrogens is 1. The van der Waals surface area contributed by atoms with Crippen molar-refractivity contribution in [1.29, 1.82) is 0 Å². The molecule has 0 unspecified atom stereocenters. The highest BCUT2D eigenvalue weighted by Gasteiger charge is 2.20. The maximum Gasteiger partial charge on any atom is 0.340 e. The number of fused-ring (bicyclic) bond motifs is 1. The molecule has 1 aromatic heterocycles. The number of hydrogen-bond donors (Lipinski definition) is 0. The molecule has 144 valence electrons. The fourth-order valence-corrected chi connectivity index (χ4v) is 3.03. The summed E-state index contributed by atoms with van der Waals surface area (Å²) in [6.45, 7) is 1.71. The molecule has 0 saturated carbocycles. The Kier molecular flexibility index (Phi) is 5.59. The van der Waals surface area contributed by atoms with Crippen molar-refractivity contribution >= 4 is 28.5 Å². The van der Waals surface area contributed by atoms with Gasteiger partial charge in [-0.05, 0) is 42.8 Å². The van der Waals surface area contributed by atoms with Crippen molar-refractivity contribution in [1.82, 2.24) is 4.98 Å². The monoisotopic (exact) mass is 378 g/mol. The first-order chi connectivity index (χ1) is 13.4. The number of benzene rings is 2. The zero-order chi connectivity index (χ0) is 20.3. The molecule has 0 atom stereocenters. The van der Waals surface area contributed by atoms with Gasteiger partial charge in [0, 0.05) is 25.2 Å². The van der Waals surface area contributed by atoms with Crippen molar-refractivity contribution < 1.29 is 19.1 Å². The molecule has 2 aromatic carbocycles. The third-order valence-electron chi connectivity index (χ3n) is 4.58. The van der Waals surface area contributed by atoms with Crippen LogP contribution in [-0.2, 0) is 16.1 Å². The zero-order valence-electron chi connectivity index (χ0n) is 16.4. The quantitative estimate of drug-likeness (QED) is 0.630. The number of para-hydroxylation sites is 1. The number of methoxy groups -OCH3 is 1. The van der Waals surface area contributed by atoms with Gasteiger partial charge in [-0.2, -0.15) is 0 Å². The molecule has 0 aliphatic carbocycles. The average molecular weight is 378 g/mol. The van der Waals surface area contributed by atoms with Gasteiger partial charge >= 0.3 is 11.9 Å². The van der Waals surface area contributed by atoms with E-state index in [4.69, 9.17) is 9.47 Å². The van der Waals surface area contributed by atoms with Gasteiger partial charge in [-0.1, -0.05) is 18.2 Å². The van der Waals surface area contributed by atoms with Crippen molar-refractivity contribution in [2.24, 2.45) is 0 Å². The van der Waals surface area contributed by atoms with Crippen molar-refractivity contribution in [2.45, 2.75) is 13.5 Å². The molecule has 0 aliphatic rings. The Bertz CT molecular complexity index is 1030. The lowest BCUT2D eigenvalue weighted by atomic mass is 10.0. The van der Waals surface area contributed by atoms with Crippen molar-refractivity contribution in [2.75, 3.05) is 26.1 Å². The molecule has 1 heterocycles. The van der Waals surface area contributed by atoms with E-state index >= 15 is 0 Å². The molecule has 3 rings (SSSR count). The summed E-state index contributed by atoms with van der Waals surface area (Å²) >= 11 is 0. The lowest BCUT2D eigenvalue weighted by Gasteiger charge is -2.14. The number of aryl methyl sites for hydroxylation is 1. The van der Waals surface area contributed by atoms with E-state index in [1.807, 2.05) is 62.3 Å². The molecule has 0 aliphatic heterocycles. The van der Waals surface area contributed by atoms with Crippen LogP contribution in [0.3, 0.4) is 0 Å². The van der Waals surface area contributed by atoms with Crippen LogP contribution in [0.2, 0.25) is 0 Å². The van der Waals surface area contributed by atoms with Crippen LogP contribution in [0.4, 0.5) is 5.69 Å². The SMILES string of the molecule is COC(=O)c1c(COC(=O)c2ccc(N(C)C)cc2)nc2ccccc2c1C. The first kappa shape index (κ1) is 19.4. The van der Waals surface area contributed by atoms with E-state index in [9.17, 15) is 9.59 Å². The third kappa shape index (κ3) is 3.81. The van der Waals surface area contributed by atoms with Crippen LogP contribution in [0, 0.1) is 6.92 Å². The molecular formula is C22H22N2O4. The number of ether oxygens (including phenoxy) is 2. The maximum atomic E-state index is 12.4. The predicted octanol–water partition coefficient (Wildman–Crippen LogP) is 3.75. The molecule has 0 radical (unpaired) electrons. The minimum absolute atomic E-state index is 0.121. The molecule has 6 nitrogen and oxygen atoms in total.